The minimum Gasteiger partial charge on any atom is -0.484 e. The van der Waals surface area contributed by atoms with Gasteiger partial charge in [-0.1, -0.05) is 57.2 Å². The average molecular weight is 673 g/mol. The molecule has 0 radical (unpaired) electrons. The van der Waals surface area contributed by atoms with E-state index in [1.165, 1.54) is 5.56 Å². The molecule has 4 atom stereocenters. The highest BCUT2D eigenvalue weighted by Crippen LogP contribution is 2.45. The van der Waals surface area contributed by atoms with Gasteiger partial charge in [-0.3, -0.25) is 4.79 Å². The number of benzene rings is 3. The molecule has 0 bridgehead atoms. The lowest BCUT2D eigenvalue weighted by Crippen LogP contribution is -2.41. The van der Waals surface area contributed by atoms with Gasteiger partial charge in [0.2, 0.25) is 0 Å². The van der Waals surface area contributed by atoms with Gasteiger partial charge in [-0.15, -0.1) is 0 Å². The smallest absolute Gasteiger partial charge is 0.199 e. The van der Waals surface area contributed by atoms with Crippen LogP contribution in [-0.2, 0) is 20.3 Å². The first-order valence-corrected chi connectivity index (χ1v) is 20.7. The van der Waals surface area contributed by atoms with Gasteiger partial charge in [0.05, 0.1) is 24.7 Å². The van der Waals surface area contributed by atoms with E-state index < -0.39 is 20.3 Å². The number of Topliss-reactive ketones (excluding diaryl/α,β-unsaturated/α-hetero) is 1. The molecule has 48 heavy (non-hydrogen) atoms. The molecule has 0 aromatic heterocycles. The van der Waals surface area contributed by atoms with Gasteiger partial charge >= 0.3 is 0 Å². The van der Waals surface area contributed by atoms with Crippen LogP contribution in [0, 0.1) is 0 Å². The van der Waals surface area contributed by atoms with Gasteiger partial charge in [-0.05, 0) is 97.6 Å². The van der Waals surface area contributed by atoms with Crippen LogP contribution in [0.4, 0.5) is 0 Å². The summed E-state index contributed by atoms with van der Waals surface area (Å²) < 4.78 is 36.9. The molecule has 3 aliphatic heterocycles. The Morgan fingerprint density at radius 3 is 1.98 bits per heavy atom. The van der Waals surface area contributed by atoms with Gasteiger partial charge in [0.1, 0.15) is 23.4 Å². The molecule has 8 heteroatoms. The molecule has 3 heterocycles. The third-order valence-electron chi connectivity index (χ3n) is 10.3. The third kappa shape index (κ3) is 8.33. The number of hydrogen-bond acceptors (Lipinski definition) is 7. The van der Waals surface area contributed by atoms with Crippen LogP contribution in [0.3, 0.4) is 0 Å². The standard InChI is InChI=1S/C40H52O7Si/c1-40(2,3)48(4,5)44-26-10-11-28-14-16-30(17-15-28)39-37(29-18-20-31(21-19-29)45-35-12-6-8-24-42-35)38(41)33-23-22-32(27-34(33)47-39)46-36-13-7-9-25-43-36/h14-23,27,35-37,39H,6-13,24-26H2,1-5H3. The third-order valence-corrected chi connectivity index (χ3v) is 14.8. The minimum atomic E-state index is -1.76. The van der Waals surface area contributed by atoms with Crippen molar-refractivity contribution in [2.24, 2.45) is 0 Å². The number of fused-ring (bicyclic) bond motifs is 1. The zero-order valence-corrected chi connectivity index (χ0v) is 30.3. The van der Waals surface area contributed by atoms with E-state index in [0.717, 1.165) is 81.5 Å². The molecule has 4 unspecified atom stereocenters. The first-order chi connectivity index (χ1) is 23.1. The Morgan fingerprint density at radius 2 is 1.38 bits per heavy atom. The Kier molecular flexibility index (Phi) is 11.0. The first-order valence-electron chi connectivity index (χ1n) is 17.8. The number of rotatable bonds is 11. The van der Waals surface area contributed by atoms with Crippen LogP contribution in [0.2, 0.25) is 18.1 Å². The number of aryl methyl sites for hydroxylation is 1. The summed E-state index contributed by atoms with van der Waals surface area (Å²) in [5.41, 5.74) is 3.64. The molecule has 2 fully saturated rings. The van der Waals surface area contributed by atoms with Crippen molar-refractivity contribution < 1.29 is 32.9 Å². The number of hydrogen-bond donors (Lipinski definition) is 0. The van der Waals surface area contributed by atoms with Crippen LogP contribution < -0.4 is 14.2 Å². The maximum Gasteiger partial charge on any atom is 0.199 e. The number of carbonyl (C=O) groups excluding carboxylic acids is 1. The molecule has 6 rings (SSSR count). The van der Waals surface area contributed by atoms with Gasteiger partial charge in [0.15, 0.2) is 26.7 Å². The highest BCUT2D eigenvalue weighted by atomic mass is 28.4. The van der Waals surface area contributed by atoms with Gasteiger partial charge in [-0.25, -0.2) is 0 Å². The molecule has 258 valence electrons. The Balaban J connectivity index is 1.21. The Bertz CT molecular complexity index is 1500. The zero-order chi connectivity index (χ0) is 33.7. The fourth-order valence-electron chi connectivity index (χ4n) is 6.33. The van der Waals surface area contributed by atoms with Crippen molar-refractivity contribution in [1.29, 1.82) is 0 Å². The minimum absolute atomic E-state index is 0.0258. The van der Waals surface area contributed by atoms with Crippen molar-refractivity contribution in [2.45, 2.75) is 115 Å². The maximum absolute atomic E-state index is 14.3. The van der Waals surface area contributed by atoms with Gasteiger partial charge in [-0.2, -0.15) is 0 Å². The summed E-state index contributed by atoms with van der Waals surface area (Å²) >= 11 is 0. The molecule has 0 N–H and O–H groups in total. The lowest BCUT2D eigenvalue weighted by atomic mass is 9.81. The second-order valence-electron chi connectivity index (χ2n) is 14.9. The summed E-state index contributed by atoms with van der Waals surface area (Å²) in [6.07, 6.45) is 6.92. The molecule has 3 aromatic rings. The second kappa shape index (κ2) is 15.2. The van der Waals surface area contributed by atoms with E-state index >= 15 is 0 Å². The van der Waals surface area contributed by atoms with Crippen LogP contribution in [-0.4, -0.2) is 46.5 Å². The lowest BCUT2D eigenvalue weighted by molar-refractivity contribution is -0.106. The molecular formula is C40H52O7Si. The van der Waals surface area contributed by atoms with E-state index in [9.17, 15) is 4.79 Å². The van der Waals surface area contributed by atoms with Crippen molar-refractivity contribution in [3.05, 3.63) is 89.0 Å². The average Bonchev–Trinajstić information content (AvgIpc) is 3.08. The molecule has 3 aromatic carbocycles. The van der Waals surface area contributed by atoms with Crippen molar-refractivity contribution in [1.82, 2.24) is 0 Å². The highest BCUT2D eigenvalue weighted by molar-refractivity contribution is 6.74. The van der Waals surface area contributed by atoms with E-state index in [4.69, 9.17) is 28.1 Å². The number of ketones is 1. The topological polar surface area (TPSA) is 72.5 Å². The quantitative estimate of drug-likeness (QED) is 0.148. The largest absolute Gasteiger partial charge is 0.484 e. The molecule has 0 aliphatic carbocycles. The molecule has 0 spiro atoms. The normalized spacial score (nSPS) is 23.2. The zero-order valence-electron chi connectivity index (χ0n) is 29.3. The Hall–Kier alpha value is -3.17. The van der Waals surface area contributed by atoms with Gasteiger partial charge in [0.25, 0.3) is 0 Å². The fraction of sp³-hybridized carbons (Fsp3) is 0.525. The highest BCUT2D eigenvalue weighted by Gasteiger charge is 2.40. The van der Waals surface area contributed by atoms with Crippen LogP contribution >= 0.6 is 0 Å². The molecule has 7 nitrogen and oxygen atoms in total. The van der Waals surface area contributed by atoms with E-state index in [0.29, 0.717) is 23.7 Å². The van der Waals surface area contributed by atoms with Crippen molar-refractivity contribution in [3.63, 3.8) is 0 Å². The number of ether oxygens (including phenoxy) is 5. The number of carbonyl (C=O) groups is 1. The molecular weight excluding hydrogens is 621 g/mol. The summed E-state index contributed by atoms with van der Waals surface area (Å²) in [4.78, 5) is 14.3. The van der Waals surface area contributed by atoms with Crippen LogP contribution in [0.1, 0.15) is 105 Å². The molecule has 2 saturated heterocycles. The maximum atomic E-state index is 14.3. The summed E-state index contributed by atoms with van der Waals surface area (Å²) in [5.74, 6) is 1.43. The van der Waals surface area contributed by atoms with Crippen molar-refractivity contribution in [3.8, 4) is 17.2 Å². The van der Waals surface area contributed by atoms with E-state index in [1.54, 1.807) is 0 Å². The SMILES string of the molecule is CC(C)(C)[Si](C)(C)OCCCc1ccc(C2Oc3cc(OC4CCCCO4)ccc3C(=O)C2c2ccc(OC3CCCCO3)cc2)cc1. The van der Waals surface area contributed by atoms with E-state index in [1.807, 2.05) is 42.5 Å². The van der Waals surface area contributed by atoms with E-state index in [-0.39, 0.29) is 23.4 Å². The lowest BCUT2D eigenvalue weighted by Gasteiger charge is -2.36. The Morgan fingerprint density at radius 1 is 0.771 bits per heavy atom. The molecule has 0 amide bonds. The van der Waals surface area contributed by atoms with E-state index in [2.05, 4.69) is 58.1 Å². The fourth-order valence-corrected chi connectivity index (χ4v) is 7.42. The molecule has 0 saturated carbocycles. The van der Waals surface area contributed by atoms with Crippen LogP contribution in [0.5, 0.6) is 17.2 Å². The first kappa shape index (κ1) is 34.7. The van der Waals surface area contributed by atoms with Gasteiger partial charge in [0, 0.05) is 25.5 Å². The summed E-state index contributed by atoms with van der Waals surface area (Å²) in [5, 5.41) is 0.203. The second-order valence-corrected chi connectivity index (χ2v) is 19.7. The van der Waals surface area contributed by atoms with Gasteiger partial charge < -0.3 is 28.1 Å². The summed E-state index contributed by atoms with van der Waals surface area (Å²) in [7, 11) is -1.76. The van der Waals surface area contributed by atoms with Crippen LogP contribution in [0.15, 0.2) is 66.7 Å². The predicted molar refractivity (Wildman–Crippen MR) is 190 cm³/mol. The summed E-state index contributed by atoms with van der Waals surface area (Å²) in [6, 6.07) is 21.9. The predicted octanol–water partition coefficient (Wildman–Crippen LogP) is 9.55. The van der Waals surface area contributed by atoms with Crippen LogP contribution in [0.25, 0.3) is 0 Å². The van der Waals surface area contributed by atoms with Crippen molar-refractivity contribution in [2.75, 3.05) is 19.8 Å². The molecule has 3 aliphatic rings. The summed E-state index contributed by atoms with van der Waals surface area (Å²) in [6.45, 7) is 13.6. The van der Waals surface area contributed by atoms with Crippen molar-refractivity contribution >= 4 is 14.1 Å². The Labute approximate surface area is 287 Å². The monoisotopic (exact) mass is 672 g/mol.